The van der Waals surface area contributed by atoms with Crippen molar-refractivity contribution in [3.05, 3.63) is 168 Å². The second kappa shape index (κ2) is 9.40. The van der Waals surface area contributed by atoms with E-state index in [0.29, 0.717) is 0 Å². The quantitative estimate of drug-likeness (QED) is 0.129. The Kier molecular flexibility index (Phi) is 5.16. The molecule has 0 saturated carbocycles. The molecule has 4 aliphatic rings. The Bertz CT molecular complexity index is 2910. The van der Waals surface area contributed by atoms with E-state index in [1.165, 1.54) is 111 Å². The zero-order valence-electron chi connectivity index (χ0n) is 29.8. The number of aromatic nitrogens is 2. The molecular weight excluding hydrogens is 629 g/mol. The molecule has 0 unspecified atom stereocenters. The number of hydrogen-bond donors (Lipinski definition) is 0. The van der Waals surface area contributed by atoms with Gasteiger partial charge < -0.3 is 9.13 Å². The maximum Gasteiger partial charge on any atom is 0.0548 e. The number of pyridine rings is 2. The van der Waals surface area contributed by atoms with Crippen molar-refractivity contribution >= 4 is 43.6 Å². The summed E-state index contributed by atoms with van der Waals surface area (Å²) in [4.78, 5) is 0. The maximum absolute atomic E-state index is 2.54. The first-order valence-corrected chi connectivity index (χ1v) is 18.5. The molecule has 246 valence electrons. The number of nitrogens with zero attached hydrogens (tertiary/aromatic N) is 2. The molecule has 2 aliphatic heterocycles. The number of hydrogen-bond acceptors (Lipinski definition) is 0. The van der Waals surface area contributed by atoms with E-state index in [0.717, 1.165) is 0 Å². The molecule has 0 bridgehead atoms. The Balaban J connectivity index is 1.19. The van der Waals surface area contributed by atoms with Gasteiger partial charge in [0, 0.05) is 44.1 Å². The molecule has 0 N–H and O–H groups in total. The van der Waals surface area contributed by atoms with Crippen molar-refractivity contribution in [2.45, 2.75) is 38.5 Å². The molecule has 8 aromatic carbocycles. The summed E-state index contributed by atoms with van der Waals surface area (Å²) in [7, 11) is 0. The van der Waals surface area contributed by atoms with Crippen LogP contribution in [-0.4, -0.2) is 9.13 Å². The molecule has 2 aliphatic carbocycles. The van der Waals surface area contributed by atoms with Gasteiger partial charge in [-0.2, -0.15) is 0 Å². The third kappa shape index (κ3) is 3.32. The molecule has 8 aromatic rings. The highest BCUT2D eigenvalue weighted by atomic mass is 15.0. The van der Waals surface area contributed by atoms with Gasteiger partial charge >= 0.3 is 0 Å². The van der Waals surface area contributed by atoms with E-state index in [-0.39, 0.29) is 10.8 Å². The topological polar surface area (TPSA) is 9.86 Å². The first-order valence-electron chi connectivity index (χ1n) is 18.5. The van der Waals surface area contributed by atoms with E-state index in [4.69, 9.17) is 0 Å². The summed E-state index contributed by atoms with van der Waals surface area (Å²) in [6, 6.07) is 55.2. The molecule has 0 atom stereocenters. The predicted octanol–water partition coefficient (Wildman–Crippen LogP) is 13.0. The van der Waals surface area contributed by atoms with Crippen LogP contribution in [0.3, 0.4) is 0 Å². The molecule has 52 heavy (non-hydrogen) atoms. The van der Waals surface area contributed by atoms with Crippen molar-refractivity contribution in [1.29, 1.82) is 0 Å². The van der Waals surface area contributed by atoms with Crippen LogP contribution in [0.2, 0.25) is 0 Å². The second-order valence-electron chi connectivity index (χ2n) is 16.1. The van der Waals surface area contributed by atoms with Crippen molar-refractivity contribution in [1.82, 2.24) is 9.13 Å². The van der Waals surface area contributed by atoms with E-state index >= 15 is 0 Å². The Hall–Kier alpha value is -6.12. The maximum atomic E-state index is 2.54. The van der Waals surface area contributed by atoms with Gasteiger partial charge in [0.2, 0.25) is 0 Å². The van der Waals surface area contributed by atoms with E-state index < -0.39 is 0 Å². The van der Waals surface area contributed by atoms with Gasteiger partial charge in [0.15, 0.2) is 0 Å². The molecule has 12 rings (SSSR count). The van der Waals surface area contributed by atoms with Crippen molar-refractivity contribution in [3.8, 4) is 44.8 Å². The molecule has 0 aromatic heterocycles. The lowest BCUT2D eigenvalue weighted by molar-refractivity contribution is 0.659. The van der Waals surface area contributed by atoms with Gasteiger partial charge in [-0.05, 0) is 104 Å². The van der Waals surface area contributed by atoms with Crippen LogP contribution in [0.5, 0.6) is 0 Å². The van der Waals surface area contributed by atoms with E-state index in [2.05, 4.69) is 182 Å². The largest absolute Gasteiger partial charge is 0.309 e. The molecule has 0 radical (unpaired) electrons. The predicted molar refractivity (Wildman–Crippen MR) is 218 cm³/mol. The van der Waals surface area contributed by atoms with Crippen LogP contribution in [0.1, 0.15) is 49.9 Å². The monoisotopic (exact) mass is 664 g/mol. The summed E-state index contributed by atoms with van der Waals surface area (Å²) in [5, 5.41) is 5.17. The third-order valence-electron chi connectivity index (χ3n) is 12.9. The van der Waals surface area contributed by atoms with Crippen molar-refractivity contribution in [2.75, 3.05) is 0 Å². The van der Waals surface area contributed by atoms with Gasteiger partial charge in [-0.3, -0.25) is 0 Å². The Morgan fingerprint density at radius 3 is 1.23 bits per heavy atom. The Morgan fingerprint density at radius 1 is 0.346 bits per heavy atom. The number of fused-ring (bicyclic) bond motifs is 6. The number of benzene rings is 8. The minimum absolute atomic E-state index is 0.0775. The molecule has 0 spiro atoms. The molecule has 0 amide bonds. The third-order valence-corrected chi connectivity index (χ3v) is 12.9. The average Bonchev–Trinajstić information content (AvgIpc) is 3.54. The van der Waals surface area contributed by atoms with E-state index in [9.17, 15) is 0 Å². The average molecular weight is 665 g/mol. The Morgan fingerprint density at radius 2 is 0.769 bits per heavy atom. The molecule has 2 heterocycles. The molecule has 2 nitrogen and oxygen atoms in total. The van der Waals surface area contributed by atoms with Gasteiger partial charge in [-0.15, -0.1) is 0 Å². The highest BCUT2D eigenvalue weighted by molar-refractivity contribution is 6.26. The standard InChI is InChI=1S/C50H36N2/c1-49(2)37-15-7-5-13-33(37)35-23-21-31(27-39(35)49)51-41-17-9-11-29-20-26-44-48(45(29)41)47-43(51)25-19-30-12-10-18-42(46(30)47)52(44)32-22-24-36-34-14-6-8-16-38(34)50(3,4)40(36)28-32/h5-28H,1-4H3. The van der Waals surface area contributed by atoms with Gasteiger partial charge in [0.1, 0.15) is 0 Å². The fourth-order valence-corrected chi connectivity index (χ4v) is 10.4. The van der Waals surface area contributed by atoms with E-state index in [1.807, 2.05) is 0 Å². The second-order valence-corrected chi connectivity index (χ2v) is 16.1. The summed E-state index contributed by atoms with van der Waals surface area (Å²) in [6.45, 7) is 9.50. The van der Waals surface area contributed by atoms with Crippen LogP contribution >= 0.6 is 0 Å². The van der Waals surface area contributed by atoms with Crippen LogP contribution in [-0.2, 0) is 10.8 Å². The van der Waals surface area contributed by atoms with Gasteiger partial charge in [0.25, 0.3) is 0 Å². The van der Waals surface area contributed by atoms with Gasteiger partial charge in [-0.1, -0.05) is 125 Å². The smallest absolute Gasteiger partial charge is 0.0548 e. The van der Waals surface area contributed by atoms with Crippen molar-refractivity contribution in [2.24, 2.45) is 0 Å². The SMILES string of the molecule is CC1(C)c2ccccc2-c2ccc(-n3c4ccc5cccc6c5c4-c4c5c(cccc53)ccc4n6-c3ccc4c(c3)C(C)(C)c3ccccc3-4)cc21. The summed E-state index contributed by atoms with van der Waals surface area (Å²) in [5.74, 6) is 0. The zero-order valence-corrected chi connectivity index (χ0v) is 29.8. The molecule has 0 saturated heterocycles. The molecule has 2 heteroatoms. The first kappa shape index (κ1) is 28.6. The summed E-state index contributed by atoms with van der Waals surface area (Å²) in [5.41, 5.74) is 20.9. The first-order chi connectivity index (χ1) is 25.3. The molecular formula is C50H36N2. The van der Waals surface area contributed by atoms with Crippen LogP contribution in [0.15, 0.2) is 146 Å². The van der Waals surface area contributed by atoms with Gasteiger partial charge in [0.05, 0.1) is 22.1 Å². The highest BCUT2D eigenvalue weighted by Crippen LogP contribution is 2.53. The Labute approximate surface area is 302 Å². The lowest BCUT2D eigenvalue weighted by Crippen LogP contribution is -2.16. The lowest BCUT2D eigenvalue weighted by atomic mass is 9.82. The number of rotatable bonds is 2. The summed E-state index contributed by atoms with van der Waals surface area (Å²) in [6.07, 6.45) is 0. The minimum atomic E-state index is -0.0775. The fraction of sp³-hybridized carbons (Fsp3) is 0.120. The van der Waals surface area contributed by atoms with Crippen LogP contribution < -0.4 is 0 Å². The van der Waals surface area contributed by atoms with E-state index in [1.54, 1.807) is 0 Å². The lowest BCUT2D eigenvalue weighted by Gasteiger charge is -2.30. The van der Waals surface area contributed by atoms with Crippen molar-refractivity contribution in [3.63, 3.8) is 0 Å². The van der Waals surface area contributed by atoms with Crippen LogP contribution in [0.4, 0.5) is 0 Å². The van der Waals surface area contributed by atoms with Gasteiger partial charge in [-0.25, -0.2) is 0 Å². The fourth-order valence-electron chi connectivity index (χ4n) is 10.4. The zero-order chi connectivity index (χ0) is 34.7. The van der Waals surface area contributed by atoms with Crippen LogP contribution in [0, 0.1) is 0 Å². The minimum Gasteiger partial charge on any atom is -0.309 e. The normalized spacial score (nSPS) is 15.2. The van der Waals surface area contributed by atoms with Crippen molar-refractivity contribution < 1.29 is 0 Å². The summed E-state index contributed by atoms with van der Waals surface area (Å²) >= 11 is 0. The summed E-state index contributed by atoms with van der Waals surface area (Å²) < 4.78 is 5.07. The molecule has 0 fully saturated rings. The highest BCUT2D eigenvalue weighted by Gasteiger charge is 2.37. The van der Waals surface area contributed by atoms with Crippen LogP contribution in [0.25, 0.3) is 88.4 Å².